The topological polar surface area (TPSA) is 61.9 Å². The van der Waals surface area contributed by atoms with E-state index in [4.69, 9.17) is 0 Å². The Labute approximate surface area is 138 Å². The molecule has 3 aliphatic rings. The second kappa shape index (κ2) is 6.78. The molecule has 0 unspecified atom stereocenters. The Hall–Kier alpha value is -1.51. The Morgan fingerprint density at radius 1 is 1.12 bits per heavy atom. The third-order valence-corrected chi connectivity index (χ3v) is 4.78. The summed E-state index contributed by atoms with van der Waals surface area (Å²) >= 11 is 0. The largest absolute Gasteiger partial charge is 0.440 e. The molecule has 0 aromatic rings. The van der Waals surface area contributed by atoms with Crippen molar-refractivity contribution in [1.29, 1.82) is 0 Å². The molecule has 3 rings (SSSR count). The Morgan fingerprint density at radius 3 is 2.54 bits per heavy atom. The molecule has 136 valence electrons. The minimum Gasteiger partial charge on any atom is -0.440 e. The summed E-state index contributed by atoms with van der Waals surface area (Å²) in [6.45, 7) is 0.378. The Balaban J connectivity index is 1.49. The lowest BCUT2D eigenvalue weighted by Crippen LogP contribution is -2.49. The van der Waals surface area contributed by atoms with Crippen molar-refractivity contribution in [3.63, 3.8) is 0 Å². The van der Waals surface area contributed by atoms with Gasteiger partial charge in [0.1, 0.15) is 6.04 Å². The van der Waals surface area contributed by atoms with Crippen LogP contribution in [0.1, 0.15) is 32.1 Å². The first-order valence-corrected chi connectivity index (χ1v) is 8.38. The van der Waals surface area contributed by atoms with E-state index in [2.05, 4.69) is 15.0 Å². The minimum atomic E-state index is -4.57. The van der Waals surface area contributed by atoms with Crippen molar-refractivity contribution in [2.24, 2.45) is 0 Å². The molecule has 2 atom stereocenters. The second-order valence-corrected chi connectivity index (χ2v) is 6.74. The summed E-state index contributed by atoms with van der Waals surface area (Å²) in [4.78, 5) is 27.7. The summed E-state index contributed by atoms with van der Waals surface area (Å²) in [6.07, 6.45) is -1.32. The molecule has 0 radical (unpaired) electrons. The van der Waals surface area contributed by atoms with Crippen LogP contribution in [0.25, 0.3) is 0 Å². The van der Waals surface area contributed by atoms with E-state index in [0.29, 0.717) is 18.9 Å². The van der Waals surface area contributed by atoms with Crippen LogP contribution >= 0.6 is 0 Å². The summed E-state index contributed by atoms with van der Waals surface area (Å²) in [5.41, 5.74) is 0. The molecule has 9 heteroatoms. The van der Waals surface area contributed by atoms with Crippen molar-refractivity contribution in [2.45, 2.75) is 56.4 Å². The van der Waals surface area contributed by atoms with Gasteiger partial charge in [0.2, 0.25) is 5.91 Å². The monoisotopic (exact) mass is 349 g/mol. The van der Waals surface area contributed by atoms with E-state index in [-0.39, 0.29) is 18.5 Å². The first-order chi connectivity index (χ1) is 11.3. The van der Waals surface area contributed by atoms with Crippen molar-refractivity contribution in [1.82, 2.24) is 15.1 Å². The molecule has 24 heavy (non-hydrogen) atoms. The fourth-order valence-electron chi connectivity index (χ4n) is 3.46. The van der Waals surface area contributed by atoms with Crippen LogP contribution in [0.4, 0.5) is 18.0 Å². The van der Waals surface area contributed by atoms with Crippen LogP contribution in [0.3, 0.4) is 0 Å². The smallest absolute Gasteiger partial charge is 0.422 e. The number of nitrogens with one attached hydrogen (secondary N) is 1. The second-order valence-electron chi connectivity index (χ2n) is 6.74. The number of hydrogen-bond acceptors (Lipinski definition) is 4. The summed E-state index contributed by atoms with van der Waals surface area (Å²) in [5, 5.41) is 2.94. The number of rotatable bonds is 4. The maximum atomic E-state index is 12.4. The zero-order valence-electron chi connectivity index (χ0n) is 13.3. The number of hydrogen-bond donors (Lipinski definition) is 1. The average Bonchev–Trinajstić information content (AvgIpc) is 3.06. The van der Waals surface area contributed by atoms with Crippen LogP contribution in [0, 0.1) is 0 Å². The molecule has 0 bridgehead atoms. The number of carbonyl (C=O) groups excluding carboxylic acids is 2. The van der Waals surface area contributed by atoms with E-state index >= 15 is 0 Å². The summed E-state index contributed by atoms with van der Waals surface area (Å²) in [5.74, 6) is -0.292. The highest BCUT2D eigenvalue weighted by Crippen LogP contribution is 2.30. The van der Waals surface area contributed by atoms with Crippen molar-refractivity contribution < 1.29 is 27.5 Å². The van der Waals surface area contributed by atoms with Crippen molar-refractivity contribution >= 4 is 12.0 Å². The lowest BCUT2D eigenvalue weighted by Gasteiger charge is -2.25. The molecule has 2 amide bonds. The van der Waals surface area contributed by atoms with E-state index in [0.717, 1.165) is 24.4 Å². The van der Waals surface area contributed by atoms with Gasteiger partial charge in [-0.1, -0.05) is 0 Å². The highest BCUT2D eigenvalue weighted by atomic mass is 19.4. The van der Waals surface area contributed by atoms with Crippen LogP contribution in [0.2, 0.25) is 0 Å². The lowest BCUT2D eigenvalue weighted by molar-refractivity contribution is -0.162. The number of likely N-dealkylation sites (tertiary alicyclic amines) is 2. The molecule has 0 aromatic carbocycles. The molecule has 1 aliphatic carbocycles. The Kier molecular flexibility index (Phi) is 4.89. The predicted molar refractivity (Wildman–Crippen MR) is 78.3 cm³/mol. The number of halogens is 3. The van der Waals surface area contributed by atoms with E-state index in [1.165, 1.54) is 12.8 Å². The maximum Gasteiger partial charge on any atom is 0.422 e. The first kappa shape index (κ1) is 17.3. The van der Waals surface area contributed by atoms with Crippen LogP contribution in [-0.4, -0.2) is 72.3 Å². The van der Waals surface area contributed by atoms with Gasteiger partial charge in [0.05, 0.1) is 0 Å². The van der Waals surface area contributed by atoms with E-state index in [1.54, 1.807) is 0 Å². The number of amides is 2. The number of carbonyl (C=O) groups is 2. The molecule has 1 N–H and O–H groups in total. The summed E-state index contributed by atoms with van der Waals surface area (Å²) in [7, 11) is 0. The van der Waals surface area contributed by atoms with Gasteiger partial charge in [-0.25, -0.2) is 4.79 Å². The van der Waals surface area contributed by atoms with Gasteiger partial charge >= 0.3 is 12.3 Å². The van der Waals surface area contributed by atoms with Gasteiger partial charge in [0.25, 0.3) is 0 Å². The van der Waals surface area contributed by atoms with Crippen LogP contribution in [-0.2, 0) is 9.53 Å². The minimum absolute atomic E-state index is 0.0479. The zero-order valence-corrected chi connectivity index (χ0v) is 13.3. The normalized spacial score (nSPS) is 28.2. The fraction of sp³-hybridized carbons (Fsp3) is 0.867. The van der Waals surface area contributed by atoms with Crippen molar-refractivity contribution in [3.05, 3.63) is 0 Å². The molecule has 2 heterocycles. The van der Waals surface area contributed by atoms with Crippen molar-refractivity contribution in [3.8, 4) is 0 Å². The third kappa shape index (κ3) is 4.31. The molecule has 1 saturated carbocycles. The summed E-state index contributed by atoms with van der Waals surface area (Å²) in [6, 6.07) is -0.0420. The molecule has 0 spiro atoms. The van der Waals surface area contributed by atoms with Gasteiger partial charge in [0, 0.05) is 31.7 Å². The highest BCUT2D eigenvalue weighted by Gasteiger charge is 2.40. The van der Waals surface area contributed by atoms with Gasteiger partial charge in [-0.3, -0.25) is 14.6 Å². The van der Waals surface area contributed by atoms with Gasteiger partial charge in [-0.05, 0) is 32.1 Å². The third-order valence-electron chi connectivity index (χ3n) is 4.78. The molecular formula is C15H22F3N3O3. The summed E-state index contributed by atoms with van der Waals surface area (Å²) < 4.78 is 40.7. The van der Waals surface area contributed by atoms with Crippen molar-refractivity contribution in [2.75, 3.05) is 26.2 Å². The Morgan fingerprint density at radius 2 is 1.88 bits per heavy atom. The highest BCUT2D eigenvalue weighted by molar-refractivity contribution is 5.86. The van der Waals surface area contributed by atoms with E-state index in [1.807, 2.05) is 0 Å². The standard InChI is InChI=1S/C15H22F3N3O3/c16-15(17,18)9-24-14(23)21-6-1-2-12(21)13(22)19-10-5-7-20(8-10)11-3-4-11/h10-12H,1-9H2,(H,19,22)/t10-,12-/m1/s1. The van der Waals surface area contributed by atoms with E-state index in [9.17, 15) is 22.8 Å². The van der Waals surface area contributed by atoms with Crippen LogP contribution < -0.4 is 5.32 Å². The molecule has 2 aliphatic heterocycles. The van der Waals surface area contributed by atoms with Gasteiger partial charge < -0.3 is 10.1 Å². The quantitative estimate of drug-likeness (QED) is 0.836. The number of ether oxygens (including phenoxy) is 1. The number of nitrogens with zero attached hydrogens (tertiary/aromatic N) is 2. The fourth-order valence-corrected chi connectivity index (χ4v) is 3.46. The first-order valence-electron chi connectivity index (χ1n) is 8.38. The average molecular weight is 349 g/mol. The lowest BCUT2D eigenvalue weighted by atomic mass is 10.2. The zero-order chi connectivity index (χ0) is 17.3. The van der Waals surface area contributed by atoms with Gasteiger partial charge in [0.15, 0.2) is 6.61 Å². The van der Waals surface area contributed by atoms with E-state index < -0.39 is 24.9 Å². The molecule has 0 aromatic heterocycles. The molecule has 2 saturated heterocycles. The van der Waals surface area contributed by atoms with Crippen LogP contribution in [0.15, 0.2) is 0 Å². The predicted octanol–water partition coefficient (Wildman–Crippen LogP) is 1.50. The Bertz CT molecular complexity index is 496. The number of alkyl halides is 3. The molecular weight excluding hydrogens is 327 g/mol. The molecule has 3 fully saturated rings. The van der Waals surface area contributed by atoms with Gasteiger partial charge in [-0.2, -0.15) is 13.2 Å². The maximum absolute atomic E-state index is 12.4. The van der Waals surface area contributed by atoms with Crippen LogP contribution in [0.5, 0.6) is 0 Å². The van der Waals surface area contributed by atoms with Gasteiger partial charge in [-0.15, -0.1) is 0 Å². The molecule has 6 nitrogen and oxygen atoms in total. The SMILES string of the molecule is O=C(N[C@@H]1CCN(C2CC2)C1)[C@H]1CCCN1C(=O)OCC(F)(F)F.